The van der Waals surface area contributed by atoms with E-state index in [2.05, 4.69) is 20.4 Å². The van der Waals surface area contributed by atoms with Gasteiger partial charge < -0.3 is 9.84 Å². The lowest BCUT2D eigenvalue weighted by Crippen LogP contribution is -2.60. The quantitative estimate of drug-likeness (QED) is 0.731. The molecule has 1 saturated heterocycles. The molecule has 0 aromatic rings. The summed E-state index contributed by atoms with van der Waals surface area (Å²) >= 11 is 0. The molecule has 1 aliphatic heterocycles. The molecule has 1 aliphatic carbocycles. The molecule has 0 amide bonds. The summed E-state index contributed by atoms with van der Waals surface area (Å²) < 4.78 is 6.03. The maximum absolute atomic E-state index is 10.4. The third-order valence-electron chi connectivity index (χ3n) is 5.09. The zero-order chi connectivity index (χ0) is 11.8. The minimum Gasteiger partial charge on any atom is -0.390 e. The largest absolute Gasteiger partial charge is 0.390 e. The van der Waals surface area contributed by atoms with E-state index in [9.17, 15) is 5.11 Å². The molecule has 2 aliphatic rings. The highest BCUT2D eigenvalue weighted by atomic mass is 16.5. The number of ether oxygens (including phenoxy) is 1. The monoisotopic (exact) mass is 224 g/mol. The van der Waals surface area contributed by atoms with Gasteiger partial charge in [0.25, 0.3) is 0 Å². The van der Waals surface area contributed by atoms with Crippen LogP contribution >= 0.6 is 0 Å². The Kier molecular flexibility index (Phi) is 3.15. The number of hydrogen-bond acceptors (Lipinski definition) is 2. The minimum atomic E-state index is -0.307. The molecule has 92 valence electrons. The van der Waals surface area contributed by atoms with Gasteiger partial charge >= 0.3 is 0 Å². The first-order valence-corrected chi connectivity index (χ1v) is 6.50. The topological polar surface area (TPSA) is 29.5 Å². The van der Waals surface area contributed by atoms with Crippen LogP contribution < -0.4 is 0 Å². The lowest BCUT2D eigenvalue weighted by atomic mass is 9.55. The van der Waals surface area contributed by atoms with Crippen LogP contribution in [0.3, 0.4) is 0 Å². The number of allylic oxidation sites excluding steroid dienone is 1. The molecule has 0 bridgehead atoms. The molecule has 2 rings (SSSR count). The maximum atomic E-state index is 10.4. The van der Waals surface area contributed by atoms with Crippen LogP contribution in [0.25, 0.3) is 0 Å². The van der Waals surface area contributed by atoms with Crippen LogP contribution in [0.1, 0.15) is 46.0 Å². The van der Waals surface area contributed by atoms with Gasteiger partial charge in [0.2, 0.25) is 0 Å². The Labute approximate surface area is 98.7 Å². The number of hydrogen-bond donors (Lipinski definition) is 1. The Balaban J connectivity index is 2.37. The van der Waals surface area contributed by atoms with Crippen molar-refractivity contribution in [3.8, 4) is 0 Å². The van der Waals surface area contributed by atoms with E-state index in [0.29, 0.717) is 5.92 Å². The van der Waals surface area contributed by atoms with E-state index < -0.39 is 0 Å². The highest BCUT2D eigenvalue weighted by Gasteiger charge is 2.59. The molecule has 0 unspecified atom stereocenters. The smallest absolute Gasteiger partial charge is 0.0999 e. The first kappa shape index (κ1) is 12.1. The number of aliphatic hydroxyl groups is 1. The van der Waals surface area contributed by atoms with Crippen molar-refractivity contribution in [2.24, 2.45) is 11.3 Å². The van der Waals surface area contributed by atoms with Crippen LogP contribution in [0.4, 0.5) is 0 Å². The maximum Gasteiger partial charge on any atom is 0.0999 e. The molecular formula is C14H24O2. The summed E-state index contributed by atoms with van der Waals surface area (Å²) in [6.45, 7) is 9.24. The highest BCUT2D eigenvalue weighted by molar-refractivity contribution is 5.11. The number of aliphatic hydroxyl groups excluding tert-OH is 1. The van der Waals surface area contributed by atoms with Gasteiger partial charge in [0.1, 0.15) is 0 Å². The fourth-order valence-corrected chi connectivity index (χ4v) is 3.81. The van der Waals surface area contributed by atoms with Gasteiger partial charge in [-0.25, -0.2) is 0 Å². The van der Waals surface area contributed by atoms with E-state index in [1.165, 1.54) is 0 Å². The third kappa shape index (κ3) is 1.46. The normalized spacial score (nSPS) is 48.4. The summed E-state index contributed by atoms with van der Waals surface area (Å²) in [7, 11) is 0. The van der Waals surface area contributed by atoms with Gasteiger partial charge in [-0.2, -0.15) is 0 Å². The molecule has 2 fully saturated rings. The van der Waals surface area contributed by atoms with E-state index >= 15 is 0 Å². The fraction of sp³-hybridized carbons (Fsp3) is 0.857. The standard InChI is InChI=1S/C14H24O2/c1-4-8-13(3)11(2)6-7-12(15)14(13)9-5-10-16-14/h4,11-12,15H,1,5-10H2,2-3H3/t11-,12-,13+,14+/m0/s1. The molecule has 1 N–H and O–H groups in total. The molecule has 1 saturated carbocycles. The van der Waals surface area contributed by atoms with Gasteiger partial charge in [0.15, 0.2) is 0 Å². The highest BCUT2D eigenvalue weighted by Crippen LogP contribution is 2.56. The molecule has 0 aromatic heterocycles. The van der Waals surface area contributed by atoms with Crippen LogP contribution in [-0.4, -0.2) is 23.4 Å². The van der Waals surface area contributed by atoms with Crippen LogP contribution in [0.5, 0.6) is 0 Å². The molecule has 2 nitrogen and oxygen atoms in total. The van der Waals surface area contributed by atoms with E-state index in [-0.39, 0.29) is 17.1 Å². The average Bonchev–Trinajstić information content (AvgIpc) is 2.74. The summed E-state index contributed by atoms with van der Waals surface area (Å²) in [5.41, 5.74) is -0.262. The Morgan fingerprint density at radius 1 is 1.50 bits per heavy atom. The molecule has 4 atom stereocenters. The van der Waals surface area contributed by atoms with E-state index in [1.807, 2.05) is 6.08 Å². The second-order valence-electron chi connectivity index (χ2n) is 5.75. The summed E-state index contributed by atoms with van der Waals surface area (Å²) in [6.07, 6.45) is 6.68. The van der Waals surface area contributed by atoms with Gasteiger partial charge in [-0.1, -0.05) is 19.9 Å². The van der Waals surface area contributed by atoms with Gasteiger partial charge in [-0.3, -0.25) is 0 Å². The second-order valence-corrected chi connectivity index (χ2v) is 5.75. The van der Waals surface area contributed by atoms with Crippen molar-refractivity contribution in [2.45, 2.75) is 57.7 Å². The van der Waals surface area contributed by atoms with Crippen LogP contribution in [0, 0.1) is 11.3 Å². The number of rotatable bonds is 2. The van der Waals surface area contributed by atoms with E-state index in [1.54, 1.807) is 0 Å². The van der Waals surface area contributed by atoms with Crippen molar-refractivity contribution >= 4 is 0 Å². The third-order valence-corrected chi connectivity index (χ3v) is 5.09. The zero-order valence-electron chi connectivity index (χ0n) is 10.5. The first-order valence-electron chi connectivity index (χ1n) is 6.50. The van der Waals surface area contributed by atoms with Crippen molar-refractivity contribution in [2.75, 3.05) is 6.61 Å². The summed E-state index contributed by atoms with van der Waals surface area (Å²) in [5.74, 6) is 0.590. The predicted molar refractivity (Wildman–Crippen MR) is 65.2 cm³/mol. The predicted octanol–water partition coefficient (Wildman–Crippen LogP) is 2.91. The molecule has 1 heterocycles. The van der Waals surface area contributed by atoms with Crippen molar-refractivity contribution in [1.82, 2.24) is 0 Å². The van der Waals surface area contributed by atoms with Crippen LogP contribution in [-0.2, 0) is 4.74 Å². The van der Waals surface area contributed by atoms with Crippen molar-refractivity contribution in [1.29, 1.82) is 0 Å². The molecule has 0 aromatic carbocycles. The Morgan fingerprint density at radius 2 is 2.25 bits per heavy atom. The first-order chi connectivity index (χ1) is 7.57. The van der Waals surface area contributed by atoms with Gasteiger partial charge in [0, 0.05) is 12.0 Å². The van der Waals surface area contributed by atoms with Crippen molar-refractivity contribution in [3.63, 3.8) is 0 Å². The fourth-order valence-electron chi connectivity index (χ4n) is 3.81. The molecule has 16 heavy (non-hydrogen) atoms. The SMILES string of the molecule is C=CC[C@]1(C)[C@@H](C)CC[C@H](O)[C@]12CCCO2. The molecule has 2 heteroatoms. The van der Waals surface area contributed by atoms with E-state index in [0.717, 1.165) is 38.7 Å². The van der Waals surface area contributed by atoms with Crippen molar-refractivity contribution in [3.05, 3.63) is 12.7 Å². The lowest BCUT2D eigenvalue weighted by Gasteiger charge is -2.55. The Hall–Kier alpha value is -0.340. The van der Waals surface area contributed by atoms with Crippen LogP contribution in [0.2, 0.25) is 0 Å². The van der Waals surface area contributed by atoms with Crippen molar-refractivity contribution < 1.29 is 9.84 Å². The Morgan fingerprint density at radius 3 is 2.81 bits per heavy atom. The Bertz CT molecular complexity index is 268. The zero-order valence-corrected chi connectivity index (χ0v) is 10.5. The second kappa shape index (κ2) is 4.15. The van der Waals surface area contributed by atoms with E-state index in [4.69, 9.17) is 4.74 Å². The van der Waals surface area contributed by atoms with Crippen LogP contribution in [0.15, 0.2) is 12.7 Å². The van der Waals surface area contributed by atoms with Gasteiger partial charge in [-0.05, 0) is 38.0 Å². The lowest BCUT2D eigenvalue weighted by molar-refractivity contribution is -0.202. The molecule has 1 spiro atoms. The minimum absolute atomic E-state index is 0.0446. The average molecular weight is 224 g/mol. The summed E-state index contributed by atoms with van der Waals surface area (Å²) in [5, 5.41) is 10.4. The molecular weight excluding hydrogens is 200 g/mol. The van der Waals surface area contributed by atoms with Gasteiger partial charge in [0.05, 0.1) is 11.7 Å². The van der Waals surface area contributed by atoms with Gasteiger partial charge in [-0.15, -0.1) is 6.58 Å². The summed E-state index contributed by atoms with van der Waals surface area (Å²) in [6, 6.07) is 0. The summed E-state index contributed by atoms with van der Waals surface area (Å²) in [4.78, 5) is 0. The molecule has 0 radical (unpaired) electrons.